The molecule has 3 heteroatoms. The van der Waals surface area contributed by atoms with Crippen LogP contribution in [-0.4, -0.2) is 29.7 Å². The van der Waals surface area contributed by atoms with E-state index in [0.29, 0.717) is 34.7 Å². The molecule has 1 N–H and O–H groups in total. The molecule has 0 radical (unpaired) electrons. The zero-order chi connectivity index (χ0) is 20.9. The second-order valence-electron chi connectivity index (χ2n) is 12.7. The summed E-state index contributed by atoms with van der Waals surface area (Å²) in [6.45, 7) is 10.8. The molecule has 2 heterocycles. The summed E-state index contributed by atoms with van der Waals surface area (Å²) in [7, 11) is 0. The lowest BCUT2D eigenvalue weighted by atomic mass is 9.47. The molecule has 30 heavy (non-hydrogen) atoms. The number of ether oxygens (including phenoxy) is 2. The van der Waals surface area contributed by atoms with Gasteiger partial charge < -0.3 is 14.6 Å². The molecule has 3 nitrogen and oxygen atoms in total. The Balaban J connectivity index is 1.28. The van der Waals surface area contributed by atoms with Crippen LogP contribution in [0.5, 0.6) is 0 Å². The first-order chi connectivity index (χ1) is 14.3. The second kappa shape index (κ2) is 6.58. The summed E-state index contributed by atoms with van der Waals surface area (Å²) in [5.74, 6) is 3.94. The van der Waals surface area contributed by atoms with E-state index in [1.807, 2.05) is 0 Å². The molecule has 0 aromatic carbocycles. The molecule has 2 saturated heterocycles. The number of fused-ring (bicyclic) bond motifs is 7. The van der Waals surface area contributed by atoms with Crippen molar-refractivity contribution in [1.29, 1.82) is 0 Å². The van der Waals surface area contributed by atoms with E-state index in [2.05, 4.69) is 33.8 Å². The lowest BCUT2D eigenvalue weighted by Gasteiger charge is -2.58. The number of aliphatic hydroxyl groups is 1. The van der Waals surface area contributed by atoms with Gasteiger partial charge in [0.2, 0.25) is 0 Å². The van der Waals surface area contributed by atoms with Gasteiger partial charge in [-0.1, -0.05) is 39.3 Å². The van der Waals surface area contributed by atoms with Gasteiger partial charge in [-0.05, 0) is 91.8 Å². The van der Waals surface area contributed by atoms with Gasteiger partial charge >= 0.3 is 0 Å². The van der Waals surface area contributed by atoms with Gasteiger partial charge in [0.05, 0.1) is 18.8 Å². The van der Waals surface area contributed by atoms with Crippen LogP contribution in [0, 0.1) is 46.3 Å². The predicted octanol–water partition coefficient (Wildman–Crippen LogP) is 5.71. The molecular formula is C27H42O3. The maximum Gasteiger partial charge on any atom is 0.171 e. The van der Waals surface area contributed by atoms with Crippen LogP contribution in [0.4, 0.5) is 0 Å². The topological polar surface area (TPSA) is 38.7 Å². The molecule has 1 unspecified atom stereocenters. The van der Waals surface area contributed by atoms with Crippen LogP contribution in [0.3, 0.4) is 0 Å². The molecule has 0 bridgehead atoms. The van der Waals surface area contributed by atoms with Gasteiger partial charge in [-0.2, -0.15) is 0 Å². The van der Waals surface area contributed by atoms with Gasteiger partial charge in [0.25, 0.3) is 0 Å². The summed E-state index contributed by atoms with van der Waals surface area (Å²) >= 11 is 0. The van der Waals surface area contributed by atoms with Crippen LogP contribution in [0.2, 0.25) is 0 Å². The highest BCUT2D eigenvalue weighted by Gasteiger charge is 2.68. The molecule has 5 fully saturated rings. The lowest BCUT2D eigenvalue weighted by molar-refractivity contribution is -0.272. The van der Waals surface area contributed by atoms with Gasteiger partial charge in [-0.3, -0.25) is 0 Å². The highest BCUT2D eigenvalue weighted by molar-refractivity contribution is 5.26. The third kappa shape index (κ3) is 2.55. The van der Waals surface area contributed by atoms with E-state index in [0.717, 1.165) is 43.6 Å². The van der Waals surface area contributed by atoms with E-state index < -0.39 is 0 Å². The van der Waals surface area contributed by atoms with Crippen molar-refractivity contribution in [2.75, 3.05) is 6.61 Å². The van der Waals surface area contributed by atoms with Crippen molar-refractivity contribution >= 4 is 0 Å². The monoisotopic (exact) mass is 414 g/mol. The first-order valence-electron chi connectivity index (χ1n) is 13.0. The molecule has 1 spiro atoms. The smallest absolute Gasteiger partial charge is 0.171 e. The first kappa shape index (κ1) is 20.2. The first-order valence-corrected chi connectivity index (χ1v) is 13.0. The number of allylic oxidation sites excluding steroid dienone is 1. The summed E-state index contributed by atoms with van der Waals surface area (Å²) < 4.78 is 13.3. The Morgan fingerprint density at radius 3 is 2.63 bits per heavy atom. The highest BCUT2D eigenvalue weighted by Crippen LogP contribution is 2.70. The van der Waals surface area contributed by atoms with Crippen molar-refractivity contribution in [3.8, 4) is 0 Å². The van der Waals surface area contributed by atoms with E-state index in [1.54, 1.807) is 5.57 Å². The average Bonchev–Trinajstić information content (AvgIpc) is 3.16. The minimum Gasteiger partial charge on any atom is -0.393 e. The fourth-order valence-electron chi connectivity index (χ4n) is 9.66. The van der Waals surface area contributed by atoms with Crippen molar-refractivity contribution in [1.82, 2.24) is 0 Å². The molecule has 11 atom stereocenters. The SMILES string of the molecule is C[C@H]1CCC2(OC1)O[C@@H]1C[C@@H]3[C@H]4CC=C5C[C@H](O)CC[C@@]5(C)[C@@H]4CC[C@@]3(C)[C@@H]1[C@H]2C. The van der Waals surface area contributed by atoms with E-state index >= 15 is 0 Å². The van der Waals surface area contributed by atoms with Crippen molar-refractivity contribution in [3.63, 3.8) is 0 Å². The van der Waals surface area contributed by atoms with Gasteiger partial charge in [-0.15, -0.1) is 0 Å². The number of aliphatic hydroxyl groups excluding tert-OH is 1. The third-order valence-electron chi connectivity index (χ3n) is 11.3. The van der Waals surface area contributed by atoms with Crippen molar-refractivity contribution in [2.24, 2.45) is 46.3 Å². The fourth-order valence-corrected chi connectivity index (χ4v) is 9.66. The maximum atomic E-state index is 10.3. The van der Waals surface area contributed by atoms with Gasteiger partial charge in [0, 0.05) is 12.3 Å². The molecule has 0 aromatic rings. The molecular weight excluding hydrogens is 372 g/mol. The van der Waals surface area contributed by atoms with Crippen LogP contribution in [0.15, 0.2) is 11.6 Å². The van der Waals surface area contributed by atoms with E-state index in [9.17, 15) is 5.11 Å². The Morgan fingerprint density at radius 2 is 1.87 bits per heavy atom. The summed E-state index contributed by atoms with van der Waals surface area (Å²) in [4.78, 5) is 0. The Kier molecular flexibility index (Phi) is 4.44. The Morgan fingerprint density at radius 1 is 1.03 bits per heavy atom. The predicted molar refractivity (Wildman–Crippen MR) is 118 cm³/mol. The van der Waals surface area contributed by atoms with Gasteiger partial charge in [0.1, 0.15) is 0 Å². The molecule has 0 amide bonds. The number of rotatable bonds is 0. The van der Waals surface area contributed by atoms with Crippen LogP contribution in [-0.2, 0) is 9.47 Å². The van der Waals surface area contributed by atoms with E-state index in [1.165, 1.54) is 38.5 Å². The van der Waals surface area contributed by atoms with Crippen molar-refractivity contribution < 1.29 is 14.6 Å². The van der Waals surface area contributed by atoms with Crippen LogP contribution in [0.25, 0.3) is 0 Å². The van der Waals surface area contributed by atoms with Crippen LogP contribution >= 0.6 is 0 Å². The van der Waals surface area contributed by atoms with E-state index in [-0.39, 0.29) is 11.9 Å². The highest BCUT2D eigenvalue weighted by atomic mass is 16.7. The molecule has 4 aliphatic carbocycles. The third-order valence-corrected chi connectivity index (χ3v) is 11.3. The Hall–Kier alpha value is -0.380. The largest absolute Gasteiger partial charge is 0.393 e. The van der Waals surface area contributed by atoms with Crippen LogP contribution < -0.4 is 0 Å². The summed E-state index contributed by atoms with van der Waals surface area (Å²) in [6, 6.07) is 0. The van der Waals surface area contributed by atoms with Gasteiger partial charge in [0.15, 0.2) is 5.79 Å². The minimum absolute atomic E-state index is 0.107. The fraction of sp³-hybridized carbons (Fsp3) is 0.926. The summed E-state index contributed by atoms with van der Waals surface area (Å²) in [6.07, 6.45) is 13.5. The average molecular weight is 415 g/mol. The van der Waals surface area contributed by atoms with Crippen molar-refractivity contribution in [3.05, 3.63) is 11.6 Å². The zero-order valence-electron chi connectivity index (χ0n) is 19.5. The second-order valence-corrected chi connectivity index (χ2v) is 12.7. The number of hydrogen-bond acceptors (Lipinski definition) is 3. The maximum absolute atomic E-state index is 10.3. The Bertz CT molecular complexity index is 736. The minimum atomic E-state index is -0.294. The quantitative estimate of drug-likeness (QED) is 0.516. The Labute approximate surface area is 183 Å². The number of hydrogen-bond donors (Lipinski definition) is 1. The standard InChI is InChI=1S/C27H42O3/c1-16-7-12-27(29-15-16)17(2)24-23(30-27)14-22-20-6-5-18-13-19(28)8-10-25(18,3)21(20)9-11-26(22,24)4/h5,16-17,19-24,28H,6-15H2,1-4H3/t16-,17+,19+,20-,21+,22+,23+,24+,25+,26+,27?/m0/s1. The molecule has 0 aromatic heterocycles. The van der Waals surface area contributed by atoms with E-state index in [4.69, 9.17) is 9.47 Å². The van der Waals surface area contributed by atoms with Gasteiger partial charge in [-0.25, -0.2) is 0 Å². The molecule has 3 saturated carbocycles. The summed E-state index contributed by atoms with van der Waals surface area (Å²) in [5, 5.41) is 10.3. The molecule has 6 aliphatic rings. The molecule has 6 rings (SSSR count). The molecule has 168 valence electrons. The summed E-state index contributed by atoms with van der Waals surface area (Å²) in [5.41, 5.74) is 2.31. The zero-order valence-corrected chi connectivity index (χ0v) is 19.5. The van der Waals surface area contributed by atoms with Crippen LogP contribution in [0.1, 0.15) is 85.5 Å². The van der Waals surface area contributed by atoms with Crippen molar-refractivity contribution in [2.45, 2.75) is 103 Å². The molecule has 2 aliphatic heterocycles. The lowest BCUT2D eigenvalue weighted by Crippen LogP contribution is -2.52. The normalized spacial score (nSPS) is 59.8.